The highest BCUT2D eigenvalue weighted by molar-refractivity contribution is 6.19. The minimum Gasteiger partial charge on any atom is -0.457 e. The van der Waals surface area contributed by atoms with Crippen molar-refractivity contribution in [2.24, 2.45) is 0 Å². The minimum absolute atomic E-state index is 0.224. The third-order valence-electron chi connectivity index (χ3n) is 7.34. The number of aromatic nitrogens is 1. The van der Waals surface area contributed by atoms with E-state index in [9.17, 15) is 1.37 Å². The average Bonchev–Trinajstić information content (AvgIpc) is 3.45. The quantitative estimate of drug-likeness (QED) is 0.224. The molecule has 0 N–H and O–H groups in total. The lowest BCUT2D eigenvalue weighted by Crippen LogP contribution is -2.24. The van der Waals surface area contributed by atoms with Crippen LogP contribution >= 0.6 is 0 Å². The molecule has 0 spiro atoms. The molecule has 0 unspecified atom stereocenters. The lowest BCUT2D eigenvalue weighted by Gasteiger charge is -2.34. The van der Waals surface area contributed by atoms with Gasteiger partial charge in [0.1, 0.15) is 11.5 Å². The van der Waals surface area contributed by atoms with Crippen molar-refractivity contribution in [3.8, 4) is 28.3 Å². The van der Waals surface area contributed by atoms with E-state index in [2.05, 4.69) is 4.57 Å². The van der Waals surface area contributed by atoms with E-state index in [0.29, 0.717) is 0 Å². The van der Waals surface area contributed by atoms with Gasteiger partial charge in [-0.3, -0.25) is 0 Å². The molecule has 0 radical (unpaired) electrons. The van der Waals surface area contributed by atoms with Gasteiger partial charge in [0.05, 0.1) is 20.6 Å². The Bertz CT molecular complexity index is 2650. The molecule has 2 heterocycles. The first kappa shape index (κ1) is 12.8. The smallest absolute Gasteiger partial charge is 0.131 e. The third kappa shape index (κ3) is 3.21. The third-order valence-corrected chi connectivity index (χ3v) is 7.34. The van der Waals surface area contributed by atoms with Crippen LogP contribution in [0.1, 0.15) is 42.7 Å². The van der Waals surface area contributed by atoms with Crippen molar-refractivity contribution in [3.63, 3.8) is 0 Å². The van der Waals surface area contributed by atoms with E-state index in [-0.39, 0.29) is 11.1 Å². The number of ether oxygens (including phenoxy) is 1. The molecule has 6 aromatic carbocycles. The Hall–Kier alpha value is -4.82. The summed E-state index contributed by atoms with van der Waals surface area (Å²) in [4.78, 5) is 0. The minimum atomic E-state index is -3.55. The molecule has 1 aliphatic rings. The fourth-order valence-electron chi connectivity index (χ4n) is 5.53. The van der Waals surface area contributed by atoms with Crippen LogP contribution in [0.25, 0.3) is 49.4 Å². The first-order valence-corrected chi connectivity index (χ1v) is 12.5. The normalized spacial score (nSPS) is 19.2. The fraction of sp³-hybridized carbons (Fsp3) is 0.0811. The molecule has 39 heavy (non-hydrogen) atoms. The number of para-hydroxylation sites is 2. The molecule has 186 valence electrons. The largest absolute Gasteiger partial charge is 0.457 e. The van der Waals surface area contributed by atoms with Gasteiger partial charge in [0.25, 0.3) is 0 Å². The highest BCUT2D eigenvalue weighted by Gasteiger charge is 2.34. The molecule has 2 nitrogen and oxygen atoms in total. The maximum absolute atomic E-state index is 9.51. The second-order valence-corrected chi connectivity index (χ2v) is 9.60. The molecule has 1 aromatic heterocycles. The number of nitrogens with zero attached hydrogens (tertiary/aromatic N) is 1. The summed E-state index contributed by atoms with van der Waals surface area (Å²) >= 11 is 0. The number of hydrogen-bond donors (Lipinski definition) is 0. The molecule has 7 aromatic rings. The van der Waals surface area contributed by atoms with Crippen LogP contribution in [0.15, 0.2) is 127 Å². The molecule has 8 rings (SSSR count). The maximum Gasteiger partial charge on any atom is 0.131 e. The highest BCUT2D eigenvalue weighted by atomic mass is 16.5. The maximum atomic E-state index is 9.51. The topological polar surface area (TPSA) is 14.2 Å². The number of benzene rings is 6. The number of fused-ring (bicyclic) bond motifs is 7. The molecule has 0 saturated heterocycles. The van der Waals surface area contributed by atoms with Crippen LogP contribution in [0.5, 0.6) is 11.5 Å². The summed E-state index contributed by atoms with van der Waals surface area (Å²) in [6.45, 7) is -7.11. The van der Waals surface area contributed by atoms with Gasteiger partial charge in [0, 0.05) is 46.6 Å². The second kappa shape index (κ2) is 8.09. The Morgan fingerprint density at radius 2 is 1.51 bits per heavy atom. The van der Waals surface area contributed by atoms with Crippen LogP contribution in [-0.2, 0) is 5.41 Å². The summed E-state index contributed by atoms with van der Waals surface area (Å²) in [5.41, 5.74) is -2.26. The second-order valence-electron chi connectivity index (χ2n) is 9.60. The van der Waals surface area contributed by atoms with Gasteiger partial charge in [-0.15, -0.1) is 0 Å². The summed E-state index contributed by atoms with van der Waals surface area (Å²) in [7, 11) is 0. The fourth-order valence-corrected chi connectivity index (χ4v) is 5.53. The van der Waals surface area contributed by atoms with E-state index in [4.69, 9.17) is 21.2 Å². The molecule has 0 aliphatic carbocycles. The summed E-state index contributed by atoms with van der Waals surface area (Å²) in [6, 6.07) is 21.3. The zero-order valence-corrected chi connectivity index (χ0v) is 20.4. The Morgan fingerprint density at radius 3 is 2.41 bits per heavy atom. The van der Waals surface area contributed by atoms with Crippen LogP contribution in [0.3, 0.4) is 0 Å². The zero-order chi connectivity index (χ0) is 37.2. The average molecular weight is 515 g/mol. The zero-order valence-electron chi connectivity index (χ0n) is 33.4. The summed E-state index contributed by atoms with van der Waals surface area (Å²) in [6.07, 6.45) is 0. The lowest BCUT2D eigenvalue weighted by atomic mass is 9.75. The molecule has 0 saturated carbocycles. The molecule has 0 amide bonds. The standard InChI is InChI=1S/C37H27NO/c1-37(2)31-14-8-9-15-34(31)39-35-21-18-26(23-32(35)37)25-17-20-33-30(22-25)29-19-16-24-10-6-7-13-28(24)36(29)38(33)27-11-4-3-5-12-27/h3-23H,1-2H3/i1D3,2D3,8D,9D,14D,15D,18D,21D,23D. The Balaban J connectivity index is 1.50. The van der Waals surface area contributed by atoms with Gasteiger partial charge in [-0.2, -0.15) is 0 Å². The summed E-state index contributed by atoms with van der Waals surface area (Å²) in [5, 5.41) is 3.55. The van der Waals surface area contributed by atoms with Crippen molar-refractivity contribution in [2.75, 3.05) is 0 Å². The van der Waals surface area contributed by atoms with Crippen molar-refractivity contribution in [3.05, 3.63) is 138 Å². The van der Waals surface area contributed by atoms with Crippen LogP contribution in [0, 0.1) is 0 Å². The number of hydrogen-bond acceptors (Lipinski definition) is 1. The van der Waals surface area contributed by atoms with Gasteiger partial charge < -0.3 is 9.30 Å². The van der Waals surface area contributed by atoms with Crippen molar-refractivity contribution in [1.29, 1.82) is 0 Å². The van der Waals surface area contributed by atoms with E-state index < -0.39 is 84.0 Å². The Kier molecular flexibility index (Phi) is 2.66. The number of rotatable bonds is 2. The van der Waals surface area contributed by atoms with Crippen molar-refractivity contribution in [1.82, 2.24) is 4.57 Å². The monoisotopic (exact) mass is 514 g/mol. The van der Waals surface area contributed by atoms with Gasteiger partial charge in [0.15, 0.2) is 0 Å². The molecular weight excluding hydrogens is 474 g/mol. The van der Waals surface area contributed by atoms with Crippen molar-refractivity contribution in [2.45, 2.75) is 19.1 Å². The van der Waals surface area contributed by atoms with Gasteiger partial charge in [-0.25, -0.2) is 0 Å². The first-order valence-electron chi connectivity index (χ1n) is 19.0. The Labute approximate surface area is 246 Å². The van der Waals surface area contributed by atoms with Crippen LogP contribution < -0.4 is 4.74 Å². The van der Waals surface area contributed by atoms with Crippen molar-refractivity contribution < 1.29 is 22.6 Å². The SMILES string of the molecule is [2H]c1c([2H])c([2H])c2c(c1[2H])Oc1c([2H])c([2H])c(-c3ccc4c(c3)c3ccc5ccccc5c3n4-c3ccccc3)c([2H])c1C2(C([2H])([2H])[2H])C([2H])([2H])[2H]. The Morgan fingerprint density at radius 1 is 0.692 bits per heavy atom. The van der Waals surface area contributed by atoms with E-state index in [0.717, 1.165) is 38.3 Å². The first-order chi connectivity index (χ1) is 24.5. The van der Waals surface area contributed by atoms with Gasteiger partial charge in [0.2, 0.25) is 0 Å². The molecule has 2 heteroatoms. The summed E-state index contributed by atoms with van der Waals surface area (Å²) < 4.78 is 122. The molecular formula is C37H27NO. The van der Waals surface area contributed by atoms with E-state index >= 15 is 0 Å². The van der Waals surface area contributed by atoms with Gasteiger partial charge in [-0.1, -0.05) is 98.5 Å². The molecule has 1 aliphatic heterocycles. The summed E-state index contributed by atoms with van der Waals surface area (Å²) in [5.74, 6) is -1.50. The van der Waals surface area contributed by atoms with Crippen molar-refractivity contribution >= 4 is 32.6 Å². The highest BCUT2D eigenvalue weighted by Crippen LogP contribution is 2.49. The van der Waals surface area contributed by atoms with E-state index in [1.54, 1.807) is 18.2 Å². The predicted molar refractivity (Wildman–Crippen MR) is 162 cm³/mol. The van der Waals surface area contributed by atoms with Crippen LogP contribution in [0.2, 0.25) is 0 Å². The predicted octanol–water partition coefficient (Wildman–Crippen LogP) is 10.0. The van der Waals surface area contributed by atoms with E-state index in [1.165, 1.54) is 0 Å². The van der Waals surface area contributed by atoms with Gasteiger partial charge in [-0.05, 0) is 58.9 Å². The lowest BCUT2D eigenvalue weighted by molar-refractivity contribution is 0.418. The van der Waals surface area contributed by atoms with E-state index in [1.807, 2.05) is 66.7 Å². The molecule has 0 atom stereocenters. The molecule has 0 bridgehead atoms. The van der Waals surface area contributed by atoms with Crippen LogP contribution in [-0.4, -0.2) is 4.57 Å². The molecule has 0 fully saturated rings. The van der Waals surface area contributed by atoms with Gasteiger partial charge >= 0.3 is 0 Å². The van der Waals surface area contributed by atoms with Crippen LogP contribution in [0.4, 0.5) is 0 Å².